The fourth-order valence-electron chi connectivity index (χ4n) is 2.18. The van der Waals surface area contributed by atoms with E-state index < -0.39 is 0 Å². The van der Waals surface area contributed by atoms with Crippen molar-refractivity contribution in [3.8, 4) is 0 Å². The zero-order valence-electron chi connectivity index (χ0n) is 13.0. The number of hydrogen-bond donors (Lipinski definition) is 0. The van der Waals surface area contributed by atoms with Gasteiger partial charge in [0.05, 0.1) is 6.54 Å². The number of methoxy groups -OCH3 is 2. The summed E-state index contributed by atoms with van der Waals surface area (Å²) in [7, 11) is 3.25. The summed E-state index contributed by atoms with van der Waals surface area (Å²) in [5, 5.41) is 0.482. The van der Waals surface area contributed by atoms with Crippen LogP contribution in [0.25, 0.3) is 0 Å². The molecule has 0 aliphatic rings. The van der Waals surface area contributed by atoms with Gasteiger partial charge in [-0.2, -0.15) is 0 Å². The van der Waals surface area contributed by atoms with E-state index in [1.54, 1.807) is 32.7 Å². The lowest BCUT2D eigenvalue weighted by Crippen LogP contribution is -2.35. The van der Waals surface area contributed by atoms with Gasteiger partial charge in [0.1, 0.15) is 11.0 Å². The molecule has 0 aromatic carbocycles. The van der Waals surface area contributed by atoms with E-state index in [4.69, 9.17) is 21.1 Å². The van der Waals surface area contributed by atoms with Crippen molar-refractivity contribution < 1.29 is 9.47 Å². The van der Waals surface area contributed by atoms with Crippen molar-refractivity contribution in [1.82, 2.24) is 9.97 Å². The zero-order valence-corrected chi connectivity index (χ0v) is 13.7. The van der Waals surface area contributed by atoms with Crippen LogP contribution in [0.4, 0.5) is 5.82 Å². The molecule has 0 radical (unpaired) electrons. The van der Waals surface area contributed by atoms with Crippen molar-refractivity contribution in [3.05, 3.63) is 52.9 Å². The first kappa shape index (κ1) is 16.7. The van der Waals surface area contributed by atoms with Crippen LogP contribution < -0.4 is 4.90 Å². The highest BCUT2D eigenvalue weighted by atomic mass is 35.5. The molecule has 5 nitrogen and oxygen atoms in total. The molecule has 2 heterocycles. The number of rotatable bonds is 7. The summed E-state index contributed by atoms with van der Waals surface area (Å²) in [6.45, 7) is 3.24. The molecule has 2 rings (SSSR count). The van der Waals surface area contributed by atoms with Crippen molar-refractivity contribution in [2.45, 2.75) is 19.8 Å². The molecule has 0 spiro atoms. The second-order valence-electron chi connectivity index (χ2n) is 4.91. The Kier molecular flexibility index (Phi) is 6.12. The predicted molar refractivity (Wildman–Crippen MR) is 87.1 cm³/mol. The SMILES string of the molecule is COC(CN(Cc1ccc(Cl)nc1)c1ncccc1C)OC. The lowest BCUT2D eigenvalue weighted by atomic mass is 10.2. The van der Waals surface area contributed by atoms with Crippen molar-refractivity contribution in [2.24, 2.45) is 0 Å². The molecule has 0 saturated heterocycles. The van der Waals surface area contributed by atoms with Gasteiger partial charge in [-0.15, -0.1) is 0 Å². The van der Waals surface area contributed by atoms with Gasteiger partial charge in [0.25, 0.3) is 0 Å². The van der Waals surface area contributed by atoms with Crippen LogP contribution in [0.3, 0.4) is 0 Å². The fourth-order valence-corrected chi connectivity index (χ4v) is 2.29. The summed E-state index contributed by atoms with van der Waals surface area (Å²) >= 11 is 5.84. The Morgan fingerprint density at radius 3 is 2.55 bits per heavy atom. The molecule has 0 bridgehead atoms. The molecule has 0 saturated carbocycles. The maximum absolute atomic E-state index is 5.84. The average molecular weight is 322 g/mol. The van der Waals surface area contributed by atoms with Crippen LogP contribution in [0, 0.1) is 6.92 Å². The molecule has 0 N–H and O–H groups in total. The highest BCUT2D eigenvalue weighted by Crippen LogP contribution is 2.20. The van der Waals surface area contributed by atoms with Crippen LogP contribution >= 0.6 is 11.6 Å². The fraction of sp³-hybridized carbons (Fsp3) is 0.375. The third-order valence-corrected chi connectivity index (χ3v) is 3.56. The Balaban J connectivity index is 2.24. The summed E-state index contributed by atoms with van der Waals surface area (Å²) in [5.74, 6) is 0.900. The number of anilines is 1. The van der Waals surface area contributed by atoms with Crippen LogP contribution in [0.2, 0.25) is 5.15 Å². The lowest BCUT2D eigenvalue weighted by Gasteiger charge is -2.28. The molecule has 118 valence electrons. The van der Waals surface area contributed by atoms with Crippen LogP contribution in [-0.2, 0) is 16.0 Å². The second kappa shape index (κ2) is 8.08. The number of hydrogen-bond acceptors (Lipinski definition) is 5. The second-order valence-corrected chi connectivity index (χ2v) is 5.30. The highest BCUT2D eigenvalue weighted by Gasteiger charge is 2.17. The van der Waals surface area contributed by atoms with E-state index in [0.29, 0.717) is 18.2 Å². The van der Waals surface area contributed by atoms with Crippen molar-refractivity contribution >= 4 is 17.4 Å². The van der Waals surface area contributed by atoms with Gasteiger partial charge in [0.15, 0.2) is 6.29 Å². The standard InChI is InChI=1S/C16H20ClN3O2/c1-12-5-4-8-18-16(12)20(11-15(21-2)22-3)10-13-6-7-14(17)19-9-13/h4-9,15H,10-11H2,1-3H3. The molecule has 0 aliphatic heterocycles. The van der Waals surface area contributed by atoms with E-state index in [-0.39, 0.29) is 6.29 Å². The molecule has 6 heteroatoms. The van der Waals surface area contributed by atoms with E-state index in [1.807, 2.05) is 25.1 Å². The molecule has 0 unspecified atom stereocenters. The highest BCUT2D eigenvalue weighted by molar-refractivity contribution is 6.29. The van der Waals surface area contributed by atoms with E-state index in [1.165, 1.54) is 0 Å². The van der Waals surface area contributed by atoms with Gasteiger partial charge in [-0.25, -0.2) is 9.97 Å². The summed E-state index contributed by atoms with van der Waals surface area (Å²) in [5.41, 5.74) is 2.13. The Bertz CT molecular complexity index is 588. The number of nitrogens with zero attached hydrogens (tertiary/aromatic N) is 3. The quantitative estimate of drug-likeness (QED) is 0.579. The number of pyridine rings is 2. The molecule has 22 heavy (non-hydrogen) atoms. The van der Waals surface area contributed by atoms with Gasteiger partial charge in [0.2, 0.25) is 0 Å². The average Bonchev–Trinajstić information content (AvgIpc) is 2.54. The number of aromatic nitrogens is 2. The Morgan fingerprint density at radius 1 is 1.18 bits per heavy atom. The number of halogens is 1. The maximum atomic E-state index is 5.84. The Morgan fingerprint density at radius 2 is 1.95 bits per heavy atom. The van der Waals surface area contributed by atoms with Crippen LogP contribution in [0.5, 0.6) is 0 Å². The summed E-state index contributed by atoms with van der Waals surface area (Å²) in [4.78, 5) is 10.7. The van der Waals surface area contributed by atoms with Gasteiger partial charge in [-0.3, -0.25) is 0 Å². The third kappa shape index (κ3) is 4.40. The summed E-state index contributed by atoms with van der Waals surface area (Å²) in [6, 6.07) is 7.69. The largest absolute Gasteiger partial charge is 0.354 e. The van der Waals surface area contributed by atoms with Gasteiger partial charge in [-0.1, -0.05) is 23.7 Å². The molecular formula is C16H20ClN3O2. The van der Waals surface area contributed by atoms with Gasteiger partial charge >= 0.3 is 0 Å². The van der Waals surface area contributed by atoms with E-state index in [0.717, 1.165) is 16.9 Å². The Hall–Kier alpha value is -1.69. The molecule has 0 amide bonds. The van der Waals surface area contributed by atoms with Crippen molar-refractivity contribution in [3.63, 3.8) is 0 Å². The third-order valence-electron chi connectivity index (χ3n) is 3.34. The van der Waals surface area contributed by atoms with Gasteiger partial charge in [0, 0.05) is 33.2 Å². The van der Waals surface area contributed by atoms with Crippen LogP contribution in [0.1, 0.15) is 11.1 Å². The minimum absolute atomic E-state index is 0.332. The van der Waals surface area contributed by atoms with E-state index in [2.05, 4.69) is 14.9 Å². The maximum Gasteiger partial charge on any atom is 0.174 e. The lowest BCUT2D eigenvalue weighted by molar-refractivity contribution is -0.0951. The topological polar surface area (TPSA) is 47.5 Å². The van der Waals surface area contributed by atoms with Gasteiger partial charge in [-0.05, 0) is 30.2 Å². The predicted octanol–water partition coefficient (Wildman–Crippen LogP) is 3.06. The first-order chi connectivity index (χ1) is 10.6. The number of aryl methyl sites for hydroxylation is 1. The molecule has 0 fully saturated rings. The van der Waals surface area contributed by atoms with Crippen molar-refractivity contribution in [2.75, 3.05) is 25.7 Å². The van der Waals surface area contributed by atoms with Crippen molar-refractivity contribution in [1.29, 1.82) is 0 Å². The van der Waals surface area contributed by atoms with Crippen LogP contribution in [-0.4, -0.2) is 37.0 Å². The van der Waals surface area contributed by atoms with Gasteiger partial charge < -0.3 is 14.4 Å². The van der Waals surface area contributed by atoms with Crippen LogP contribution in [0.15, 0.2) is 36.7 Å². The summed E-state index contributed by atoms with van der Waals surface area (Å²) < 4.78 is 10.6. The monoisotopic (exact) mass is 321 g/mol. The molecule has 2 aromatic heterocycles. The smallest absolute Gasteiger partial charge is 0.174 e. The van der Waals surface area contributed by atoms with E-state index in [9.17, 15) is 0 Å². The first-order valence-corrected chi connectivity index (χ1v) is 7.34. The Labute approximate surface area is 135 Å². The minimum Gasteiger partial charge on any atom is -0.354 e. The molecule has 0 atom stereocenters. The zero-order chi connectivity index (χ0) is 15.9. The molecule has 0 aliphatic carbocycles. The molecular weight excluding hydrogens is 302 g/mol. The minimum atomic E-state index is -0.332. The molecule has 2 aromatic rings. The summed E-state index contributed by atoms with van der Waals surface area (Å²) in [6.07, 6.45) is 3.22. The first-order valence-electron chi connectivity index (χ1n) is 6.96. The number of ether oxygens (including phenoxy) is 2. The normalized spacial score (nSPS) is 11.0. The van der Waals surface area contributed by atoms with E-state index >= 15 is 0 Å².